The van der Waals surface area contributed by atoms with Crippen LogP contribution in [0.25, 0.3) is 43.1 Å². The zero-order valence-electron chi connectivity index (χ0n) is 51.4. The summed E-state index contributed by atoms with van der Waals surface area (Å²) in [5.41, 5.74) is 13.2. The molecule has 16 rings (SSSR count). The molecule has 0 spiro atoms. The van der Waals surface area contributed by atoms with E-state index in [4.69, 9.17) is 0 Å². The third kappa shape index (κ3) is 10.5. The van der Waals surface area contributed by atoms with Crippen LogP contribution in [0.15, 0.2) is 388 Å². The molecule has 16 aromatic rings. The van der Waals surface area contributed by atoms with Crippen LogP contribution in [-0.2, 0) is 0 Å². The van der Waals surface area contributed by atoms with Crippen LogP contribution < -0.4 is 35.4 Å². The molecule has 0 saturated carbocycles. The molecule has 3 nitrogen and oxygen atoms in total. The molecule has 93 heavy (non-hydrogen) atoms. The van der Waals surface area contributed by atoms with Crippen LogP contribution in [0, 0.1) is 0 Å². The van der Waals surface area contributed by atoms with Gasteiger partial charge in [0.2, 0.25) is 0 Å². The van der Waals surface area contributed by atoms with Crippen molar-refractivity contribution in [3.05, 3.63) is 405 Å². The van der Waals surface area contributed by atoms with Crippen molar-refractivity contribution in [2.75, 3.05) is 14.7 Å². The summed E-state index contributed by atoms with van der Waals surface area (Å²) in [6, 6.07) is 145. The first-order valence-corrected chi connectivity index (χ1v) is 34.1. The zero-order valence-corrected chi connectivity index (χ0v) is 52.4. The van der Waals surface area contributed by atoms with E-state index in [0.29, 0.717) is 0 Å². The first-order valence-electron chi connectivity index (χ1n) is 32.1. The number of para-hydroxylation sites is 3. The smallest absolute Gasteiger partial charge is 0.179 e. The number of benzene rings is 16. The molecule has 0 fully saturated rings. The molecule has 0 heterocycles. The van der Waals surface area contributed by atoms with Gasteiger partial charge in [-0.3, -0.25) is 0 Å². The summed E-state index contributed by atoms with van der Waals surface area (Å²) >= 11 is 0. The van der Waals surface area contributed by atoms with E-state index in [1.807, 2.05) is 0 Å². The largest absolute Gasteiger partial charge is 0.310 e. The van der Waals surface area contributed by atoms with Crippen molar-refractivity contribution >= 4 is 123 Å². The molecule has 0 aliphatic rings. The average molecular weight is 1200 g/mol. The highest BCUT2D eigenvalue weighted by molar-refractivity contribution is 7.20. The Labute approximate surface area is 545 Å². The molecule has 16 aromatic carbocycles. The number of nitrogens with zero attached hydrogens (tertiary/aromatic N) is 3. The van der Waals surface area contributed by atoms with Crippen LogP contribution in [-0.4, -0.2) is 8.07 Å². The van der Waals surface area contributed by atoms with Crippen LogP contribution >= 0.6 is 0 Å². The van der Waals surface area contributed by atoms with Crippen LogP contribution in [0.3, 0.4) is 0 Å². The van der Waals surface area contributed by atoms with Gasteiger partial charge in [0, 0.05) is 56.2 Å². The number of rotatable bonds is 16. The molecule has 0 radical (unpaired) electrons. The van der Waals surface area contributed by atoms with Crippen molar-refractivity contribution in [3.63, 3.8) is 0 Å². The van der Waals surface area contributed by atoms with Crippen molar-refractivity contribution in [2.45, 2.75) is 5.92 Å². The van der Waals surface area contributed by atoms with Crippen molar-refractivity contribution in [2.24, 2.45) is 0 Å². The Morgan fingerprint density at radius 3 is 0.903 bits per heavy atom. The molecule has 0 aliphatic carbocycles. The maximum absolute atomic E-state index is 3.71. The molecule has 0 amide bonds. The lowest BCUT2D eigenvalue weighted by atomic mass is 9.82. The van der Waals surface area contributed by atoms with Crippen LogP contribution in [0.1, 0.15) is 22.6 Å². The molecule has 4 heteroatoms. The Bertz CT molecular complexity index is 4660. The molecule has 0 saturated heterocycles. The van der Waals surface area contributed by atoms with E-state index in [2.05, 4.69) is 403 Å². The Hall–Kier alpha value is -11.8. The lowest BCUT2D eigenvalue weighted by Gasteiger charge is -2.39. The first kappa shape index (κ1) is 56.4. The lowest BCUT2D eigenvalue weighted by Crippen LogP contribution is -2.75. The summed E-state index contributed by atoms with van der Waals surface area (Å²) in [5, 5.41) is 14.4. The molecule has 440 valence electrons. The van der Waals surface area contributed by atoms with E-state index in [0.717, 1.165) is 62.0 Å². The highest BCUT2D eigenvalue weighted by atomic mass is 28.3. The monoisotopic (exact) mass is 1200 g/mol. The number of fused-ring (bicyclic) bond motifs is 4. The second kappa shape index (κ2) is 24.9. The maximum atomic E-state index is 2.62. The topological polar surface area (TPSA) is 9.72 Å². The van der Waals surface area contributed by atoms with Gasteiger partial charge in [0.15, 0.2) is 8.07 Å². The van der Waals surface area contributed by atoms with Gasteiger partial charge in [-0.2, -0.15) is 0 Å². The van der Waals surface area contributed by atoms with Crippen molar-refractivity contribution in [1.29, 1.82) is 0 Å². The Kier molecular flexibility index (Phi) is 15.1. The third-order valence-electron chi connectivity index (χ3n) is 18.6. The predicted molar refractivity (Wildman–Crippen MR) is 398 cm³/mol. The number of anilines is 9. The van der Waals surface area contributed by atoms with E-state index in [-0.39, 0.29) is 5.92 Å². The van der Waals surface area contributed by atoms with Gasteiger partial charge < -0.3 is 14.7 Å². The Morgan fingerprint density at radius 1 is 0.194 bits per heavy atom. The van der Waals surface area contributed by atoms with E-state index in [9.17, 15) is 0 Å². The zero-order chi connectivity index (χ0) is 61.9. The van der Waals surface area contributed by atoms with Crippen LogP contribution in [0.2, 0.25) is 0 Å². The summed E-state index contributed by atoms with van der Waals surface area (Å²) in [6.45, 7) is 0. The van der Waals surface area contributed by atoms with Gasteiger partial charge >= 0.3 is 0 Å². The normalized spacial score (nSPS) is 11.8. The van der Waals surface area contributed by atoms with Crippen molar-refractivity contribution in [3.8, 4) is 0 Å². The molecule has 0 aromatic heterocycles. The summed E-state index contributed by atoms with van der Waals surface area (Å²) in [4.78, 5) is 7.52. The fourth-order valence-corrected chi connectivity index (χ4v) is 19.4. The molecule has 0 aliphatic heterocycles. The van der Waals surface area contributed by atoms with Crippen LogP contribution in [0.5, 0.6) is 0 Å². The van der Waals surface area contributed by atoms with Crippen molar-refractivity contribution in [1.82, 2.24) is 0 Å². The second-order valence-corrected chi connectivity index (χ2v) is 27.8. The third-order valence-corrected chi connectivity index (χ3v) is 23.3. The van der Waals surface area contributed by atoms with Crippen molar-refractivity contribution < 1.29 is 0 Å². The van der Waals surface area contributed by atoms with E-state index < -0.39 is 8.07 Å². The molecular weight excluding hydrogens is 1140 g/mol. The Morgan fingerprint density at radius 2 is 0.495 bits per heavy atom. The minimum atomic E-state index is -3.71. The standard InChI is InChI=1S/C89H65N3Si/c1-7-35-69(36-8-1)89(85-55-27-37-65-31-19-23-51-81(65)85)70-59-74(90(71-41-9-2-10-42-71)86-56-28-38-66-32-20-24-52-82(66)86)62-79(60-70)93(77-47-15-5-16-48-77,78-49-17-6-18-50-78)80-63-75(91(72-43-11-3-12-44-72)87-57-29-39-67-33-21-25-53-83(67)87)61-76(64-80)92(73-45-13-4-14-46-73)88-58-30-40-68-34-22-26-54-84(68)88/h1-64,89H. The van der Waals surface area contributed by atoms with Gasteiger partial charge in [-0.1, -0.05) is 303 Å². The summed E-state index contributed by atoms with van der Waals surface area (Å²) in [7, 11) is -3.71. The molecular formula is C89H65N3Si. The minimum Gasteiger partial charge on any atom is -0.310 e. The molecule has 1 unspecified atom stereocenters. The van der Waals surface area contributed by atoms with E-state index in [1.165, 1.54) is 69.8 Å². The fourth-order valence-electron chi connectivity index (χ4n) is 14.5. The Balaban J connectivity index is 1.09. The van der Waals surface area contributed by atoms with Gasteiger partial charge in [-0.05, 0) is 149 Å². The van der Waals surface area contributed by atoms with Gasteiger partial charge in [-0.25, -0.2) is 0 Å². The maximum Gasteiger partial charge on any atom is 0.179 e. The van der Waals surface area contributed by atoms with Gasteiger partial charge in [0.25, 0.3) is 0 Å². The first-order chi connectivity index (χ1) is 46.2. The second-order valence-electron chi connectivity index (χ2n) is 24.0. The molecule has 0 bridgehead atoms. The van der Waals surface area contributed by atoms with Gasteiger partial charge in [-0.15, -0.1) is 0 Å². The minimum absolute atomic E-state index is 0.193. The fraction of sp³-hybridized carbons (Fsp3) is 0.0112. The molecule has 1 atom stereocenters. The average Bonchev–Trinajstić information content (AvgIpc) is 0.721. The van der Waals surface area contributed by atoms with Gasteiger partial charge in [0.05, 0.1) is 17.1 Å². The van der Waals surface area contributed by atoms with E-state index >= 15 is 0 Å². The highest BCUT2D eigenvalue weighted by Gasteiger charge is 2.44. The summed E-state index contributed by atoms with van der Waals surface area (Å²) < 4.78 is 0. The summed E-state index contributed by atoms with van der Waals surface area (Å²) in [6.07, 6.45) is 0. The quantitative estimate of drug-likeness (QED) is 0.0705. The van der Waals surface area contributed by atoms with Gasteiger partial charge in [0.1, 0.15) is 0 Å². The van der Waals surface area contributed by atoms with Crippen LogP contribution in [0.4, 0.5) is 51.2 Å². The molecule has 0 N–H and O–H groups in total. The summed E-state index contributed by atoms with van der Waals surface area (Å²) in [5.74, 6) is -0.193. The van der Waals surface area contributed by atoms with E-state index in [1.54, 1.807) is 0 Å². The predicted octanol–water partition coefficient (Wildman–Crippen LogP) is 21.3. The number of hydrogen-bond donors (Lipinski definition) is 0. The number of hydrogen-bond acceptors (Lipinski definition) is 3. The SMILES string of the molecule is c1ccc(C(c2cc(N(c3ccccc3)c3cccc4ccccc34)cc([Si](c3ccccc3)(c3ccccc3)c3cc(N(c4ccccc4)c4cccc5ccccc45)cc(N(c4ccccc4)c4cccc5ccccc45)c3)c2)c2cccc3ccccc23)cc1. The lowest BCUT2D eigenvalue weighted by molar-refractivity contribution is 0.989. The highest BCUT2D eigenvalue weighted by Crippen LogP contribution is 2.46.